The second-order valence-electron chi connectivity index (χ2n) is 18.7. The first kappa shape index (κ1) is 56.5. The van der Waals surface area contributed by atoms with Crippen LogP contribution in [0.1, 0.15) is 52.8 Å². The summed E-state index contributed by atoms with van der Waals surface area (Å²) < 4.78 is 2.39. The summed E-state index contributed by atoms with van der Waals surface area (Å²) in [5.74, 6) is 0. The molecular formula is C75H75N. The van der Waals surface area contributed by atoms with Crippen LogP contribution in [-0.2, 0) is 0 Å². The van der Waals surface area contributed by atoms with E-state index in [9.17, 15) is 0 Å². The van der Waals surface area contributed by atoms with E-state index in [1.807, 2.05) is 86.6 Å². The lowest BCUT2D eigenvalue weighted by molar-refractivity contribution is 1.18. The molecule has 0 saturated carbocycles. The first-order chi connectivity index (χ1) is 37.1. The normalized spacial score (nSPS) is 9.91. The molecule has 380 valence electrons. The van der Waals surface area contributed by atoms with Crippen LogP contribution < -0.4 is 0 Å². The Morgan fingerprint density at radius 1 is 0.197 bits per heavy atom. The molecule has 12 aromatic rings. The highest BCUT2D eigenvalue weighted by Gasteiger charge is 2.15. The van der Waals surface area contributed by atoms with Gasteiger partial charge in [-0.1, -0.05) is 308 Å². The van der Waals surface area contributed by atoms with Crippen LogP contribution >= 0.6 is 0 Å². The Bertz CT molecular complexity index is 3320. The molecule has 0 fully saturated rings. The van der Waals surface area contributed by atoms with Crippen LogP contribution in [0.3, 0.4) is 0 Å². The maximum atomic E-state index is 2.39. The van der Waals surface area contributed by atoms with Gasteiger partial charge in [-0.2, -0.15) is 0 Å². The molecule has 1 heterocycles. The minimum Gasteiger partial charge on any atom is -0.309 e. The minimum atomic E-state index is 1.17. The first-order valence-corrected chi connectivity index (χ1v) is 26.6. The molecule has 1 aromatic heterocycles. The van der Waals surface area contributed by atoms with Crippen molar-refractivity contribution in [3.8, 4) is 39.1 Å². The predicted molar refractivity (Wildman–Crippen MR) is 334 cm³/mol. The van der Waals surface area contributed by atoms with E-state index in [-0.39, 0.29) is 0 Å². The summed E-state index contributed by atoms with van der Waals surface area (Å²) in [6.45, 7) is 18.7. The fourth-order valence-corrected chi connectivity index (χ4v) is 8.26. The molecule has 0 atom stereocenters. The van der Waals surface area contributed by atoms with E-state index >= 15 is 0 Å². The predicted octanol–water partition coefficient (Wildman–Crippen LogP) is 21.4. The molecule has 0 N–H and O–H groups in total. The van der Waals surface area contributed by atoms with Crippen molar-refractivity contribution in [1.82, 2.24) is 4.57 Å². The first-order valence-electron chi connectivity index (χ1n) is 26.6. The van der Waals surface area contributed by atoms with E-state index in [4.69, 9.17) is 0 Å². The minimum absolute atomic E-state index is 1.17. The Morgan fingerprint density at radius 3 is 0.895 bits per heavy atom. The Balaban J connectivity index is 0.000000196. The molecule has 0 saturated heterocycles. The third kappa shape index (κ3) is 17.7. The highest BCUT2D eigenvalue weighted by Crippen LogP contribution is 2.37. The number of aryl methyl sites for hydroxylation is 7. The second-order valence-corrected chi connectivity index (χ2v) is 18.7. The maximum Gasteiger partial charge on any atom is 0.0547 e. The van der Waals surface area contributed by atoms with Crippen molar-refractivity contribution in [3.05, 3.63) is 330 Å². The third-order valence-electron chi connectivity index (χ3n) is 12.4. The van der Waals surface area contributed by atoms with Gasteiger partial charge in [0.05, 0.1) is 11.0 Å². The highest BCUT2D eigenvalue weighted by atomic mass is 15.0. The molecular weight excluding hydrogens is 915 g/mol. The van der Waals surface area contributed by atoms with Crippen LogP contribution in [0.15, 0.2) is 291 Å². The smallest absolute Gasteiger partial charge is 0.0547 e. The van der Waals surface area contributed by atoms with Gasteiger partial charge in [0.25, 0.3) is 0 Å². The SMILES string of the molecule is CC.Cc1ccc(-c2cccc(-c3ccc4c(c3)c3ccc(-c5ccccc5)cc3n4-c3ccccc3)c2)cc1.Cc1ccc(C)cc1.Cc1ccccc1.Cc1ccccc1.Cc1ccccc1.Cc1ccccc1. The zero-order chi connectivity index (χ0) is 53.9. The number of para-hydroxylation sites is 1. The summed E-state index contributed by atoms with van der Waals surface area (Å²) in [5, 5.41) is 2.53. The molecule has 0 bridgehead atoms. The summed E-state index contributed by atoms with van der Waals surface area (Å²) in [5.41, 5.74) is 20.2. The van der Waals surface area contributed by atoms with Gasteiger partial charge in [-0.05, 0) is 118 Å². The fraction of sp³-hybridized carbons (Fsp3) is 0.120. The number of nitrogens with zero attached hydrogens (tertiary/aromatic N) is 1. The fourth-order valence-electron chi connectivity index (χ4n) is 8.26. The Hall–Kier alpha value is -8.78. The molecule has 0 amide bonds. The summed E-state index contributed by atoms with van der Waals surface area (Å²) in [6, 6.07) is 102. The number of fused-ring (bicyclic) bond motifs is 3. The largest absolute Gasteiger partial charge is 0.309 e. The van der Waals surface area contributed by atoms with Crippen molar-refractivity contribution in [3.63, 3.8) is 0 Å². The van der Waals surface area contributed by atoms with Crippen molar-refractivity contribution < 1.29 is 0 Å². The van der Waals surface area contributed by atoms with Crippen molar-refractivity contribution >= 4 is 21.8 Å². The van der Waals surface area contributed by atoms with Gasteiger partial charge in [0, 0.05) is 16.5 Å². The molecule has 12 rings (SSSR count). The quantitative estimate of drug-likeness (QED) is 0.166. The van der Waals surface area contributed by atoms with Gasteiger partial charge in [-0.15, -0.1) is 0 Å². The van der Waals surface area contributed by atoms with Crippen LogP contribution in [-0.4, -0.2) is 4.57 Å². The van der Waals surface area contributed by atoms with Gasteiger partial charge < -0.3 is 4.57 Å². The van der Waals surface area contributed by atoms with Crippen LogP contribution in [0.25, 0.3) is 60.9 Å². The average Bonchev–Trinajstić information content (AvgIpc) is 3.81. The summed E-state index contributed by atoms with van der Waals surface area (Å²) >= 11 is 0. The van der Waals surface area contributed by atoms with Crippen LogP contribution in [0.5, 0.6) is 0 Å². The lowest BCUT2D eigenvalue weighted by Crippen LogP contribution is -1.93. The molecule has 0 spiro atoms. The zero-order valence-electron chi connectivity index (χ0n) is 46.2. The number of benzene rings is 11. The lowest BCUT2D eigenvalue weighted by atomic mass is 9.97. The highest BCUT2D eigenvalue weighted by molar-refractivity contribution is 6.11. The van der Waals surface area contributed by atoms with E-state index in [0.717, 1.165) is 0 Å². The molecule has 1 heteroatoms. The number of rotatable bonds is 4. The number of aromatic nitrogens is 1. The number of hydrogen-bond donors (Lipinski definition) is 0. The third-order valence-corrected chi connectivity index (χ3v) is 12.4. The molecule has 0 aliphatic rings. The lowest BCUT2D eigenvalue weighted by Gasteiger charge is -2.10. The molecule has 0 unspecified atom stereocenters. The van der Waals surface area contributed by atoms with Crippen molar-refractivity contribution in [2.45, 2.75) is 62.3 Å². The Labute approximate surface area is 455 Å². The van der Waals surface area contributed by atoms with Crippen LogP contribution in [0.4, 0.5) is 0 Å². The maximum absolute atomic E-state index is 2.39. The topological polar surface area (TPSA) is 4.93 Å². The van der Waals surface area contributed by atoms with Gasteiger partial charge in [0.15, 0.2) is 0 Å². The van der Waals surface area contributed by atoms with E-state index in [0.29, 0.717) is 0 Å². The molecule has 0 radical (unpaired) electrons. The van der Waals surface area contributed by atoms with Crippen LogP contribution in [0.2, 0.25) is 0 Å². The summed E-state index contributed by atoms with van der Waals surface area (Å²) in [7, 11) is 0. The monoisotopic (exact) mass is 990 g/mol. The Morgan fingerprint density at radius 2 is 0.487 bits per heavy atom. The summed E-state index contributed by atoms with van der Waals surface area (Å²) in [4.78, 5) is 0. The van der Waals surface area contributed by atoms with Crippen molar-refractivity contribution in [1.29, 1.82) is 0 Å². The molecule has 1 nitrogen and oxygen atoms in total. The standard InChI is InChI=1S/C37H27N.C8H10.4C7H8.C2H6/c1-26-15-17-28(18-16-26)29-11-8-12-30(23-29)31-20-22-36-35(24-31)34-21-19-32(27-9-4-2-5-10-27)25-37(34)38(36)33-13-6-3-7-14-33;1-7-3-5-8(2)6-4-7;4*1-7-5-3-2-4-6-7;1-2/h2-25H,1H3;3-6H,1-2H3;4*2-6H,1H3;1-2H3. The average molecular weight is 990 g/mol. The van der Waals surface area contributed by atoms with Gasteiger partial charge in [-0.25, -0.2) is 0 Å². The van der Waals surface area contributed by atoms with E-state index in [2.05, 4.69) is 271 Å². The van der Waals surface area contributed by atoms with E-state index in [1.54, 1.807) is 0 Å². The van der Waals surface area contributed by atoms with E-state index < -0.39 is 0 Å². The van der Waals surface area contributed by atoms with Crippen molar-refractivity contribution in [2.24, 2.45) is 0 Å². The summed E-state index contributed by atoms with van der Waals surface area (Å²) in [6.07, 6.45) is 0. The Kier molecular flexibility index (Phi) is 22.6. The van der Waals surface area contributed by atoms with E-state index in [1.165, 1.54) is 99.8 Å². The van der Waals surface area contributed by atoms with Gasteiger partial charge >= 0.3 is 0 Å². The second kappa shape index (κ2) is 30.4. The van der Waals surface area contributed by atoms with Gasteiger partial charge in [0.2, 0.25) is 0 Å². The molecule has 0 aliphatic carbocycles. The van der Waals surface area contributed by atoms with Gasteiger partial charge in [0.1, 0.15) is 0 Å². The van der Waals surface area contributed by atoms with Gasteiger partial charge in [-0.3, -0.25) is 0 Å². The molecule has 11 aromatic carbocycles. The van der Waals surface area contributed by atoms with Crippen LogP contribution in [0, 0.1) is 48.5 Å². The number of hydrogen-bond acceptors (Lipinski definition) is 0. The van der Waals surface area contributed by atoms with Crippen molar-refractivity contribution in [2.75, 3.05) is 0 Å². The zero-order valence-corrected chi connectivity index (χ0v) is 46.2. The molecule has 76 heavy (non-hydrogen) atoms. The molecule has 0 aliphatic heterocycles.